The van der Waals surface area contributed by atoms with Gasteiger partial charge < -0.3 is 10.6 Å². The van der Waals surface area contributed by atoms with Crippen molar-refractivity contribution in [2.75, 3.05) is 10.6 Å². The fourth-order valence-corrected chi connectivity index (χ4v) is 3.14. The Morgan fingerprint density at radius 3 is 2.21 bits per heavy atom. The lowest BCUT2D eigenvalue weighted by atomic mass is 10.1. The highest BCUT2D eigenvalue weighted by atomic mass is 35.5. The van der Waals surface area contributed by atoms with Gasteiger partial charge in [0.1, 0.15) is 5.82 Å². The van der Waals surface area contributed by atoms with Crippen molar-refractivity contribution in [1.29, 1.82) is 0 Å². The van der Waals surface area contributed by atoms with E-state index in [1.807, 2.05) is 48.5 Å². The van der Waals surface area contributed by atoms with E-state index < -0.39 is 0 Å². The van der Waals surface area contributed by atoms with Crippen molar-refractivity contribution in [1.82, 2.24) is 9.97 Å². The Labute approximate surface area is 171 Å². The van der Waals surface area contributed by atoms with Gasteiger partial charge in [0.15, 0.2) is 0 Å². The van der Waals surface area contributed by atoms with Gasteiger partial charge in [-0.1, -0.05) is 55.5 Å². The molecular weight excluding hydrogens is 368 g/mol. The van der Waals surface area contributed by atoms with Crippen LogP contribution in [-0.2, 0) is 6.42 Å². The summed E-state index contributed by atoms with van der Waals surface area (Å²) in [4.78, 5) is 9.47. The summed E-state index contributed by atoms with van der Waals surface area (Å²) in [6, 6.07) is 24.5. The Kier molecular flexibility index (Phi) is 6.12. The molecular formula is C23H23ClN4. The fraction of sp³-hybridized carbons (Fsp3) is 0.130. The number of aryl methyl sites for hydroxylation is 2. The molecule has 0 radical (unpaired) electrons. The van der Waals surface area contributed by atoms with Crippen molar-refractivity contribution in [3.63, 3.8) is 0 Å². The number of nitrogens with zero attached hydrogens (tertiary/aromatic N) is 2. The Hall–Kier alpha value is -3.11. The molecule has 3 aromatic carbocycles. The van der Waals surface area contributed by atoms with Crippen LogP contribution in [0.1, 0.15) is 18.1 Å². The van der Waals surface area contributed by atoms with Crippen LogP contribution in [0, 0.1) is 6.92 Å². The molecule has 0 bridgehead atoms. The predicted octanol–water partition coefficient (Wildman–Crippen LogP) is 6.41. The minimum atomic E-state index is 0. The van der Waals surface area contributed by atoms with Crippen molar-refractivity contribution < 1.29 is 0 Å². The number of hydrogen-bond acceptors (Lipinski definition) is 4. The highest BCUT2D eigenvalue weighted by Gasteiger charge is 2.10. The van der Waals surface area contributed by atoms with E-state index in [4.69, 9.17) is 9.97 Å². The molecule has 0 saturated heterocycles. The molecule has 28 heavy (non-hydrogen) atoms. The predicted molar refractivity (Wildman–Crippen MR) is 120 cm³/mol. The summed E-state index contributed by atoms with van der Waals surface area (Å²) in [6.45, 7) is 4.23. The van der Waals surface area contributed by atoms with E-state index in [1.165, 1.54) is 5.56 Å². The van der Waals surface area contributed by atoms with Crippen LogP contribution in [-0.4, -0.2) is 9.97 Å². The topological polar surface area (TPSA) is 49.8 Å². The number of nitrogens with one attached hydrogen (secondary N) is 2. The average Bonchev–Trinajstić information content (AvgIpc) is 2.70. The maximum Gasteiger partial charge on any atom is 0.229 e. The van der Waals surface area contributed by atoms with Gasteiger partial charge in [-0.15, -0.1) is 12.4 Å². The Balaban J connectivity index is 0.00000225. The molecule has 0 amide bonds. The van der Waals surface area contributed by atoms with E-state index in [2.05, 4.69) is 48.7 Å². The Morgan fingerprint density at radius 2 is 1.43 bits per heavy atom. The molecule has 0 aliphatic heterocycles. The van der Waals surface area contributed by atoms with E-state index in [9.17, 15) is 0 Å². The third-order valence-corrected chi connectivity index (χ3v) is 4.65. The summed E-state index contributed by atoms with van der Waals surface area (Å²) in [6.07, 6.45) is 0.959. The first-order valence-electron chi connectivity index (χ1n) is 9.19. The third kappa shape index (κ3) is 4.07. The highest BCUT2D eigenvalue weighted by molar-refractivity contribution is 5.92. The number of fused-ring (bicyclic) bond motifs is 1. The molecule has 2 N–H and O–H groups in total. The van der Waals surface area contributed by atoms with Crippen LogP contribution < -0.4 is 10.6 Å². The molecule has 0 aliphatic rings. The molecule has 1 aromatic heterocycles. The first kappa shape index (κ1) is 19.6. The number of hydrogen-bond donors (Lipinski definition) is 2. The van der Waals surface area contributed by atoms with E-state index in [0.717, 1.165) is 40.1 Å². The standard InChI is InChI=1S/C23H22N4.ClH/c1-3-17-11-5-8-14-20(17)24-22-18-12-6-9-15-21(18)26-23(27-22)25-19-13-7-4-10-16(19)2;/h4-15H,3H2,1-2H3,(H2,24,25,26,27);1H. The molecule has 4 rings (SSSR count). The minimum absolute atomic E-state index is 0. The van der Waals surface area contributed by atoms with Crippen LogP contribution in [0.15, 0.2) is 72.8 Å². The summed E-state index contributed by atoms with van der Waals surface area (Å²) in [5, 5.41) is 7.87. The summed E-state index contributed by atoms with van der Waals surface area (Å²) in [5.74, 6) is 1.39. The van der Waals surface area contributed by atoms with E-state index in [1.54, 1.807) is 0 Å². The number of aromatic nitrogens is 2. The van der Waals surface area contributed by atoms with E-state index >= 15 is 0 Å². The molecule has 0 fully saturated rings. The average molecular weight is 391 g/mol. The lowest BCUT2D eigenvalue weighted by Crippen LogP contribution is -2.04. The normalized spacial score (nSPS) is 10.4. The summed E-state index contributed by atoms with van der Waals surface area (Å²) >= 11 is 0. The fourth-order valence-electron chi connectivity index (χ4n) is 3.14. The molecule has 4 aromatic rings. The van der Waals surface area contributed by atoms with Crippen LogP contribution in [0.5, 0.6) is 0 Å². The third-order valence-electron chi connectivity index (χ3n) is 4.65. The van der Waals surface area contributed by atoms with E-state index in [-0.39, 0.29) is 12.4 Å². The Bertz CT molecular complexity index is 1090. The van der Waals surface area contributed by atoms with Crippen molar-refractivity contribution in [2.45, 2.75) is 20.3 Å². The lowest BCUT2D eigenvalue weighted by Gasteiger charge is -2.14. The largest absolute Gasteiger partial charge is 0.339 e. The highest BCUT2D eigenvalue weighted by Crippen LogP contribution is 2.28. The van der Waals surface area contributed by atoms with E-state index in [0.29, 0.717) is 5.95 Å². The number of halogens is 1. The molecule has 0 unspecified atom stereocenters. The quantitative estimate of drug-likeness (QED) is 0.413. The second kappa shape index (κ2) is 8.72. The second-order valence-electron chi connectivity index (χ2n) is 6.49. The van der Waals surface area contributed by atoms with Crippen molar-refractivity contribution in [2.24, 2.45) is 0 Å². The van der Waals surface area contributed by atoms with Crippen LogP contribution >= 0.6 is 12.4 Å². The minimum Gasteiger partial charge on any atom is -0.339 e. The summed E-state index contributed by atoms with van der Waals surface area (Å²) in [7, 11) is 0. The van der Waals surface area contributed by atoms with Gasteiger partial charge >= 0.3 is 0 Å². The van der Waals surface area contributed by atoms with Gasteiger partial charge in [-0.3, -0.25) is 0 Å². The zero-order valence-electron chi connectivity index (χ0n) is 15.9. The summed E-state index contributed by atoms with van der Waals surface area (Å²) < 4.78 is 0. The first-order valence-corrected chi connectivity index (χ1v) is 9.19. The molecule has 142 valence electrons. The zero-order valence-corrected chi connectivity index (χ0v) is 16.8. The van der Waals surface area contributed by atoms with Crippen molar-refractivity contribution in [3.8, 4) is 0 Å². The second-order valence-corrected chi connectivity index (χ2v) is 6.49. The van der Waals surface area contributed by atoms with Gasteiger partial charge in [-0.2, -0.15) is 4.98 Å². The maximum absolute atomic E-state index is 4.77. The van der Waals surface area contributed by atoms with Gasteiger partial charge in [0.2, 0.25) is 5.95 Å². The number of para-hydroxylation sites is 3. The van der Waals surface area contributed by atoms with Gasteiger partial charge in [0.05, 0.1) is 5.52 Å². The van der Waals surface area contributed by atoms with Gasteiger partial charge in [0.25, 0.3) is 0 Å². The first-order chi connectivity index (χ1) is 13.2. The number of anilines is 4. The monoisotopic (exact) mass is 390 g/mol. The maximum atomic E-state index is 4.77. The molecule has 0 aliphatic carbocycles. The smallest absolute Gasteiger partial charge is 0.229 e. The number of benzene rings is 3. The Morgan fingerprint density at radius 1 is 0.750 bits per heavy atom. The number of rotatable bonds is 5. The van der Waals surface area contributed by atoms with Crippen LogP contribution in [0.2, 0.25) is 0 Å². The van der Waals surface area contributed by atoms with Gasteiger partial charge in [-0.25, -0.2) is 4.98 Å². The molecule has 1 heterocycles. The van der Waals surface area contributed by atoms with Crippen LogP contribution in [0.25, 0.3) is 10.9 Å². The molecule has 5 heteroatoms. The van der Waals surface area contributed by atoms with Crippen molar-refractivity contribution >= 4 is 46.5 Å². The molecule has 0 saturated carbocycles. The molecule has 0 spiro atoms. The van der Waals surface area contributed by atoms with Crippen LogP contribution in [0.4, 0.5) is 23.1 Å². The van der Waals surface area contributed by atoms with Crippen LogP contribution in [0.3, 0.4) is 0 Å². The SMILES string of the molecule is CCc1ccccc1Nc1nc(Nc2ccccc2C)nc2ccccc12.Cl. The molecule has 0 atom stereocenters. The molecule has 4 nitrogen and oxygen atoms in total. The lowest BCUT2D eigenvalue weighted by molar-refractivity contribution is 1.13. The zero-order chi connectivity index (χ0) is 18.6. The summed E-state index contributed by atoms with van der Waals surface area (Å²) in [5.41, 5.74) is 5.40. The van der Waals surface area contributed by atoms with Crippen molar-refractivity contribution in [3.05, 3.63) is 83.9 Å². The van der Waals surface area contributed by atoms with Gasteiger partial charge in [0, 0.05) is 16.8 Å². The van der Waals surface area contributed by atoms with Gasteiger partial charge in [-0.05, 0) is 48.7 Å².